The van der Waals surface area contributed by atoms with Gasteiger partial charge in [-0.25, -0.2) is 17.6 Å². The maximum absolute atomic E-state index is 14.2. The minimum Gasteiger partial charge on any atom is -0.244 e. The molecule has 0 heterocycles. The van der Waals surface area contributed by atoms with Gasteiger partial charge in [0.2, 0.25) is 5.92 Å². The zero-order valence-electron chi connectivity index (χ0n) is 13.1. The monoisotopic (exact) mass is 308 g/mol. The first-order valence-corrected chi connectivity index (χ1v) is 8.44. The summed E-state index contributed by atoms with van der Waals surface area (Å²) in [6, 6.07) is 0. The first-order valence-electron chi connectivity index (χ1n) is 8.44. The Kier molecular flexibility index (Phi) is 5.59. The Morgan fingerprint density at radius 1 is 0.905 bits per heavy atom. The summed E-state index contributed by atoms with van der Waals surface area (Å²) in [4.78, 5) is 0. The smallest absolute Gasteiger partial charge is 0.244 e. The second kappa shape index (κ2) is 6.87. The average Bonchev–Trinajstić information content (AvgIpc) is 2.43. The van der Waals surface area contributed by atoms with Gasteiger partial charge in [0.25, 0.3) is 0 Å². The van der Waals surface area contributed by atoms with Gasteiger partial charge in [0.15, 0.2) is 0 Å². The van der Waals surface area contributed by atoms with Crippen LogP contribution in [0.15, 0.2) is 0 Å². The lowest BCUT2D eigenvalue weighted by Crippen LogP contribution is -2.41. The first-order chi connectivity index (χ1) is 9.78. The fraction of sp³-hybridized carbons (Fsp3) is 1.00. The number of hydrogen-bond acceptors (Lipinski definition) is 0. The van der Waals surface area contributed by atoms with Gasteiger partial charge in [0.05, 0.1) is 0 Å². The van der Waals surface area contributed by atoms with Crippen molar-refractivity contribution in [2.75, 3.05) is 0 Å². The lowest BCUT2D eigenvalue weighted by atomic mass is 9.67. The molecule has 2 aliphatic rings. The van der Waals surface area contributed by atoms with Gasteiger partial charge >= 0.3 is 0 Å². The minimum absolute atomic E-state index is 0.0540. The Morgan fingerprint density at radius 3 is 2.10 bits per heavy atom. The highest BCUT2D eigenvalue weighted by Crippen LogP contribution is 2.44. The van der Waals surface area contributed by atoms with Crippen LogP contribution in [0.2, 0.25) is 0 Å². The second-order valence-electron chi connectivity index (χ2n) is 7.50. The molecular formula is C17H28F4. The van der Waals surface area contributed by atoms with Crippen molar-refractivity contribution in [3.8, 4) is 0 Å². The summed E-state index contributed by atoms with van der Waals surface area (Å²) in [6.45, 7) is 2.76. The molecule has 0 aromatic heterocycles. The van der Waals surface area contributed by atoms with Crippen LogP contribution in [0.3, 0.4) is 0 Å². The Morgan fingerprint density at radius 2 is 1.52 bits per heavy atom. The quantitative estimate of drug-likeness (QED) is 0.563. The lowest BCUT2D eigenvalue weighted by molar-refractivity contribution is -0.0125. The Hall–Kier alpha value is -0.280. The molecule has 0 spiro atoms. The molecule has 0 aromatic rings. The normalized spacial score (nSPS) is 42.0. The fourth-order valence-electron chi connectivity index (χ4n) is 4.18. The second-order valence-corrected chi connectivity index (χ2v) is 7.50. The summed E-state index contributed by atoms with van der Waals surface area (Å²) in [5, 5.41) is 0. The van der Waals surface area contributed by atoms with Crippen LogP contribution in [0, 0.1) is 23.7 Å². The predicted octanol–water partition coefficient (Wildman–Crippen LogP) is 5.95. The molecule has 4 unspecified atom stereocenters. The average molecular weight is 308 g/mol. The van der Waals surface area contributed by atoms with Crippen molar-refractivity contribution < 1.29 is 17.6 Å². The molecule has 0 nitrogen and oxygen atoms in total. The summed E-state index contributed by atoms with van der Waals surface area (Å²) in [6.07, 6.45) is 2.98. The van der Waals surface area contributed by atoms with Crippen molar-refractivity contribution in [2.45, 2.75) is 83.5 Å². The highest BCUT2D eigenvalue weighted by Gasteiger charge is 2.42. The van der Waals surface area contributed by atoms with E-state index in [1.165, 1.54) is 0 Å². The van der Waals surface area contributed by atoms with E-state index in [-0.39, 0.29) is 24.2 Å². The van der Waals surface area contributed by atoms with Crippen LogP contribution in [0.1, 0.15) is 65.2 Å². The Labute approximate surface area is 125 Å². The van der Waals surface area contributed by atoms with Gasteiger partial charge in [-0.3, -0.25) is 0 Å². The molecule has 2 saturated carbocycles. The summed E-state index contributed by atoms with van der Waals surface area (Å²) < 4.78 is 53.8. The van der Waals surface area contributed by atoms with Crippen molar-refractivity contribution in [1.29, 1.82) is 0 Å². The molecule has 124 valence electrons. The zero-order chi connectivity index (χ0) is 15.6. The fourth-order valence-corrected chi connectivity index (χ4v) is 4.18. The van der Waals surface area contributed by atoms with E-state index in [4.69, 9.17) is 0 Å². The third-order valence-electron chi connectivity index (χ3n) is 5.70. The molecule has 0 bridgehead atoms. The Balaban J connectivity index is 1.78. The lowest BCUT2D eigenvalue weighted by Gasteiger charge is -2.40. The van der Waals surface area contributed by atoms with Crippen LogP contribution in [0.5, 0.6) is 0 Å². The van der Waals surface area contributed by atoms with Crippen molar-refractivity contribution in [3.05, 3.63) is 0 Å². The van der Waals surface area contributed by atoms with Gasteiger partial charge in [-0.15, -0.1) is 0 Å². The number of hydrogen-bond donors (Lipinski definition) is 0. The van der Waals surface area contributed by atoms with Crippen LogP contribution in [0.4, 0.5) is 17.6 Å². The molecule has 0 radical (unpaired) electrons. The first kappa shape index (κ1) is 17.1. The van der Waals surface area contributed by atoms with Gasteiger partial charge in [0, 0.05) is 6.42 Å². The van der Waals surface area contributed by atoms with Gasteiger partial charge in [-0.05, 0) is 62.7 Å². The van der Waals surface area contributed by atoms with Crippen LogP contribution in [0.25, 0.3) is 0 Å². The van der Waals surface area contributed by atoms with E-state index in [1.807, 2.05) is 0 Å². The summed E-state index contributed by atoms with van der Waals surface area (Å²) in [5.74, 6) is -2.30. The molecule has 4 atom stereocenters. The zero-order valence-corrected chi connectivity index (χ0v) is 13.1. The highest BCUT2D eigenvalue weighted by molar-refractivity contribution is 4.91. The van der Waals surface area contributed by atoms with E-state index in [2.05, 4.69) is 0 Å². The molecule has 2 aliphatic carbocycles. The van der Waals surface area contributed by atoms with E-state index in [0.29, 0.717) is 12.3 Å². The van der Waals surface area contributed by atoms with Crippen LogP contribution in [-0.2, 0) is 0 Å². The van der Waals surface area contributed by atoms with E-state index in [9.17, 15) is 17.6 Å². The van der Waals surface area contributed by atoms with E-state index in [0.717, 1.165) is 45.4 Å². The van der Waals surface area contributed by atoms with Crippen LogP contribution < -0.4 is 0 Å². The standard InChI is InChI=1S/C17H28F4/c1-11-3-8-14(16(19)15(11)18)13-6-4-12(5-7-13)9-10-17(2,20)21/h11-16H,3-10H2,1-2H3. The number of alkyl halides is 4. The minimum atomic E-state index is -2.58. The van der Waals surface area contributed by atoms with Gasteiger partial charge in [0.1, 0.15) is 12.3 Å². The molecule has 4 heteroatoms. The molecule has 21 heavy (non-hydrogen) atoms. The molecule has 0 amide bonds. The van der Waals surface area contributed by atoms with E-state index >= 15 is 0 Å². The molecule has 0 N–H and O–H groups in total. The van der Waals surface area contributed by atoms with Crippen molar-refractivity contribution in [1.82, 2.24) is 0 Å². The molecular weight excluding hydrogens is 280 g/mol. The molecule has 0 aliphatic heterocycles. The summed E-state index contributed by atoms with van der Waals surface area (Å²) in [5.41, 5.74) is 0. The van der Waals surface area contributed by atoms with Crippen molar-refractivity contribution in [2.24, 2.45) is 23.7 Å². The summed E-state index contributed by atoms with van der Waals surface area (Å²) >= 11 is 0. The van der Waals surface area contributed by atoms with Crippen LogP contribution >= 0.6 is 0 Å². The third-order valence-corrected chi connectivity index (χ3v) is 5.70. The summed E-state index contributed by atoms with van der Waals surface area (Å²) in [7, 11) is 0. The molecule has 0 aromatic carbocycles. The number of rotatable bonds is 4. The van der Waals surface area contributed by atoms with E-state index in [1.54, 1.807) is 6.92 Å². The SMILES string of the molecule is CC1CCC(C2CCC(CCC(C)(F)F)CC2)C(F)C1F. The molecule has 0 saturated heterocycles. The maximum atomic E-state index is 14.2. The Bertz CT molecular complexity index is 317. The topological polar surface area (TPSA) is 0 Å². The van der Waals surface area contributed by atoms with E-state index < -0.39 is 18.3 Å². The highest BCUT2D eigenvalue weighted by atomic mass is 19.3. The van der Waals surface area contributed by atoms with Crippen LogP contribution in [-0.4, -0.2) is 18.3 Å². The maximum Gasteiger partial charge on any atom is 0.245 e. The molecule has 2 fully saturated rings. The largest absolute Gasteiger partial charge is 0.245 e. The van der Waals surface area contributed by atoms with Crippen molar-refractivity contribution >= 4 is 0 Å². The third kappa shape index (κ3) is 4.59. The number of halogens is 4. The van der Waals surface area contributed by atoms with Gasteiger partial charge in [-0.2, -0.15) is 0 Å². The predicted molar refractivity (Wildman–Crippen MR) is 77.0 cm³/mol. The van der Waals surface area contributed by atoms with Gasteiger partial charge in [-0.1, -0.05) is 19.8 Å². The van der Waals surface area contributed by atoms with Gasteiger partial charge < -0.3 is 0 Å². The molecule has 2 rings (SSSR count). The van der Waals surface area contributed by atoms with Crippen molar-refractivity contribution in [3.63, 3.8) is 0 Å².